The molecule has 0 aliphatic rings. The van der Waals surface area contributed by atoms with E-state index in [1.165, 1.54) is 0 Å². The quantitative estimate of drug-likeness (QED) is 0.601. The minimum Gasteiger partial charge on any atom is -0.330 e. The highest BCUT2D eigenvalue weighted by molar-refractivity contribution is 6.77. The molecular weight excluding hydrogens is 140 g/mol. The second-order valence-electron chi connectivity index (χ2n) is 3.90. The van der Waals surface area contributed by atoms with Gasteiger partial charge in [-0.25, -0.2) is 0 Å². The van der Waals surface area contributed by atoms with Crippen LogP contribution in [0.2, 0.25) is 19.6 Å². The second kappa shape index (κ2) is 4.11. The Kier molecular flexibility index (Phi) is 4.16. The molecule has 0 saturated heterocycles. The van der Waals surface area contributed by atoms with Crippen LogP contribution in [0.1, 0.15) is 12.8 Å². The van der Waals surface area contributed by atoms with Gasteiger partial charge in [-0.15, -0.1) is 0 Å². The number of hydrogen-bond acceptors (Lipinski definition) is 2. The van der Waals surface area contributed by atoms with E-state index in [0.717, 1.165) is 19.4 Å². The molecule has 0 radical (unpaired) electrons. The molecule has 0 fully saturated rings. The molecule has 0 saturated carbocycles. The first kappa shape index (κ1) is 10.1. The Balaban J connectivity index is 3.52. The highest BCUT2D eigenvalue weighted by Gasteiger charge is 2.21. The molecule has 0 aromatic rings. The topological polar surface area (TPSA) is 52.0 Å². The average molecular weight is 160 g/mol. The third-order valence-corrected chi connectivity index (χ3v) is 4.35. The zero-order valence-corrected chi connectivity index (χ0v) is 8.35. The molecule has 1 unspecified atom stereocenters. The molecule has 2 nitrogen and oxygen atoms in total. The minimum absolute atomic E-state index is 0.427. The van der Waals surface area contributed by atoms with Gasteiger partial charge in [0.2, 0.25) is 0 Å². The molecule has 0 bridgehead atoms. The van der Waals surface area contributed by atoms with Crippen LogP contribution in [0.5, 0.6) is 0 Å². The van der Waals surface area contributed by atoms with Crippen molar-refractivity contribution in [3.8, 4) is 0 Å². The zero-order chi connectivity index (χ0) is 8.20. The first-order valence-electron chi connectivity index (χ1n) is 3.94. The van der Waals surface area contributed by atoms with Crippen molar-refractivity contribution in [2.45, 2.75) is 38.1 Å². The van der Waals surface area contributed by atoms with Gasteiger partial charge in [0, 0.05) is 0 Å². The Bertz CT molecular complexity index is 88.1. The van der Waals surface area contributed by atoms with Crippen LogP contribution in [0.25, 0.3) is 0 Å². The number of nitrogens with two attached hydrogens (primary N) is 2. The fraction of sp³-hybridized carbons (Fsp3) is 1.00. The van der Waals surface area contributed by atoms with E-state index in [4.69, 9.17) is 11.5 Å². The molecule has 0 aromatic carbocycles. The molecule has 0 aliphatic heterocycles. The SMILES string of the molecule is C[Si](C)(C)C(N)CCCN. The standard InChI is InChI=1S/C7H20N2Si/c1-10(2,3)7(9)5-4-6-8/h7H,4-6,8-9H2,1-3H3. The summed E-state index contributed by atoms with van der Waals surface area (Å²) in [5, 5.41) is 0. The zero-order valence-electron chi connectivity index (χ0n) is 7.35. The Hall–Kier alpha value is 0.137. The maximum absolute atomic E-state index is 5.94. The van der Waals surface area contributed by atoms with Gasteiger partial charge in [0.05, 0.1) is 8.07 Å². The van der Waals surface area contributed by atoms with Crippen LogP contribution in [-0.2, 0) is 0 Å². The van der Waals surface area contributed by atoms with Crippen molar-refractivity contribution < 1.29 is 0 Å². The van der Waals surface area contributed by atoms with Crippen LogP contribution in [0.3, 0.4) is 0 Å². The largest absolute Gasteiger partial charge is 0.330 e. The van der Waals surface area contributed by atoms with Crippen molar-refractivity contribution in [1.82, 2.24) is 0 Å². The van der Waals surface area contributed by atoms with Crippen LogP contribution in [0, 0.1) is 0 Å². The smallest absolute Gasteiger partial charge is 0.0632 e. The summed E-state index contributed by atoms with van der Waals surface area (Å²) in [4.78, 5) is 0. The molecule has 62 valence electrons. The van der Waals surface area contributed by atoms with Gasteiger partial charge in [-0.1, -0.05) is 19.6 Å². The summed E-state index contributed by atoms with van der Waals surface area (Å²) in [5.74, 6) is 0. The number of hydrogen-bond donors (Lipinski definition) is 2. The van der Waals surface area contributed by atoms with Crippen molar-refractivity contribution in [3.05, 3.63) is 0 Å². The predicted octanol–water partition coefficient (Wildman–Crippen LogP) is 0.930. The molecule has 3 heteroatoms. The van der Waals surface area contributed by atoms with Gasteiger partial charge in [-0.3, -0.25) is 0 Å². The van der Waals surface area contributed by atoms with Gasteiger partial charge in [0.1, 0.15) is 0 Å². The van der Waals surface area contributed by atoms with E-state index in [9.17, 15) is 0 Å². The van der Waals surface area contributed by atoms with E-state index in [1.807, 2.05) is 0 Å². The monoisotopic (exact) mass is 160 g/mol. The molecule has 1 atom stereocenters. The fourth-order valence-electron chi connectivity index (χ4n) is 0.771. The van der Waals surface area contributed by atoms with Crippen LogP contribution < -0.4 is 11.5 Å². The highest BCUT2D eigenvalue weighted by atomic mass is 28.3. The summed E-state index contributed by atoms with van der Waals surface area (Å²) in [7, 11) is -1.08. The molecular formula is C7H20N2Si. The summed E-state index contributed by atoms with van der Waals surface area (Å²) in [6, 6.07) is 0. The molecule has 0 aliphatic carbocycles. The minimum atomic E-state index is -1.08. The summed E-state index contributed by atoms with van der Waals surface area (Å²) < 4.78 is 0. The lowest BCUT2D eigenvalue weighted by Gasteiger charge is -2.24. The summed E-state index contributed by atoms with van der Waals surface area (Å²) in [6.07, 6.45) is 2.18. The van der Waals surface area contributed by atoms with Crippen LogP contribution >= 0.6 is 0 Å². The Morgan fingerprint density at radius 1 is 1.30 bits per heavy atom. The van der Waals surface area contributed by atoms with Gasteiger partial charge in [0.25, 0.3) is 0 Å². The lowest BCUT2D eigenvalue weighted by Crippen LogP contribution is -2.45. The van der Waals surface area contributed by atoms with E-state index in [1.54, 1.807) is 0 Å². The van der Waals surface area contributed by atoms with Crippen LogP contribution in [0.15, 0.2) is 0 Å². The molecule has 0 spiro atoms. The van der Waals surface area contributed by atoms with Crippen molar-refractivity contribution >= 4 is 8.07 Å². The van der Waals surface area contributed by atoms with Crippen molar-refractivity contribution in [3.63, 3.8) is 0 Å². The van der Waals surface area contributed by atoms with E-state index < -0.39 is 8.07 Å². The third kappa shape index (κ3) is 4.03. The van der Waals surface area contributed by atoms with Gasteiger partial charge in [-0.2, -0.15) is 0 Å². The van der Waals surface area contributed by atoms with Crippen molar-refractivity contribution in [2.75, 3.05) is 6.54 Å². The average Bonchev–Trinajstić information content (AvgIpc) is 1.80. The van der Waals surface area contributed by atoms with Crippen molar-refractivity contribution in [1.29, 1.82) is 0 Å². The van der Waals surface area contributed by atoms with Gasteiger partial charge in [0.15, 0.2) is 0 Å². The molecule has 0 rings (SSSR count). The van der Waals surface area contributed by atoms with Crippen LogP contribution in [0.4, 0.5) is 0 Å². The molecule has 0 aromatic heterocycles. The summed E-state index contributed by atoms with van der Waals surface area (Å²) in [5.41, 5.74) is 11.7. The Morgan fingerprint density at radius 3 is 2.10 bits per heavy atom. The summed E-state index contributed by atoms with van der Waals surface area (Å²) >= 11 is 0. The predicted molar refractivity (Wildman–Crippen MR) is 49.6 cm³/mol. The van der Waals surface area contributed by atoms with Gasteiger partial charge < -0.3 is 11.5 Å². The van der Waals surface area contributed by atoms with E-state index in [-0.39, 0.29) is 0 Å². The molecule has 0 heterocycles. The maximum Gasteiger partial charge on any atom is 0.0632 e. The van der Waals surface area contributed by atoms with E-state index >= 15 is 0 Å². The highest BCUT2D eigenvalue weighted by Crippen LogP contribution is 2.09. The molecule has 10 heavy (non-hydrogen) atoms. The van der Waals surface area contributed by atoms with E-state index in [2.05, 4.69) is 19.6 Å². The number of rotatable bonds is 4. The first-order valence-corrected chi connectivity index (χ1v) is 7.52. The molecule has 4 N–H and O–H groups in total. The second-order valence-corrected chi connectivity index (χ2v) is 9.38. The Morgan fingerprint density at radius 2 is 1.80 bits per heavy atom. The first-order chi connectivity index (χ1) is 4.48. The fourth-order valence-corrected chi connectivity index (χ4v) is 1.84. The maximum atomic E-state index is 5.94. The lowest BCUT2D eigenvalue weighted by atomic mass is 10.3. The summed E-state index contributed by atoms with van der Waals surface area (Å²) in [6.45, 7) is 7.68. The lowest BCUT2D eigenvalue weighted by molar-refractivity contribution is 0.698. The van der Waals surface area contributed by atoms with E-state index in [0.29, 0.717) is 5.67 Å². The van der Waals surface area contributed by atoms with Gasteiger partial charge in [-0.05, 0) is 25.1 Å². The molecule has 0 amide bonds. The third-order valence-electron chi connectivity index (χ3n) is 1.83. The Labute approximate surface area is 65.0 Å². The van der Waals surface area contributed by atoms with Crippen molar-refractivity contribution in [2.24, 2.45) is 11.5 Å². The normalized spacial score (nSPS) is 15.3. The van der Waals surface area contributed by atoms with Gasteiger partial charge >= 0.3 is 0 Å². The van der Waals surface area contributed by atoms with Crippen LogP contribution in [-0.4, -0.2) is 20.3 Å².